The third-order valence-corrected chi connectivity index (χ3v) is 8.87. The predicted molar refractivity (Wildman–Crippen MR) is 136 cm³/mol. The summed E-state index contributed by atoms with van der Waals surface area (Å²) in [5.74, 6) is 0.493. The van der Waals surface area contributed by atoms with E-state index >= 15 is 0 Å². The van der Waals surface area contributed by atoms with Crippen LogP contribution in [0.4, 0.5) is 5.69 Å². The molecule has 1 N–H and O–H groups in total. The van der Waals surface area contributed by atoms with Crippen LogP contribution >= 0.6 is 11.8 Å². The molecule has 1 saturated heterocycles. The number of aryl methyl sites for hydroxylation is 2. The second-order valence-corrected chi connectivity index (χ2v) is 11.9. The van der Waals surface area contributed by atoms with E-state index in [2.05, 4.69) is 22.1 Å². The van der Waals surface area contributed by atoms with Gasteiger partial charge in [-0.25, -0.2) is 8.42 Å². The Morgan fingerprint density at radius 3 is 2.68 bits per heavy atom. The van der Waals surface area contributed by atoms with Crippen molar-refractivity contribution in [2.45, 2.75) is 43.1 Å². The maximum absolute atomic E-state index is 13.5. The van der Waals surface area contributed by atoms with Crippen LogP contribution in [0, 0.1) is 13.8 Å². The minimum Gasteiger partial charge on any atom is -0.325 e. The zero-order chi connectivity index (χ0) is 24.3. The third-order valence-electron chi connectivity index (χ3n) is 5.87. The zero-order valence-corrected chi connectivity index (χ0v) is 20.9. The van der Waals surface area contributed by atoms with Gasteiger partial charge >= 0.3 is 0 Å². The van der Waals surface area contributed by atoms with Crippen molar-refractivity contribution in [3.05, 3.63) is 83.7 Å². The first-order valence-electron chi connectivity index (χ1n) is 11.1. The van der Waals surface area contributed by atoms with E-state index in [1.807, 2.05) is 66.9 Å². The monoisotopic (exact) mass is 496 g/mol. The minimum atomic E-state index is -3.07. The van der Waals surface area contributed by atoms with E-state index in [-0.39, 0.29) is 23.3 Å². The van der Waals surface area contributed by atoms with Crippen LogP contribution in [0.3, 0.4) is 0 Å². The molecule has 1 amide bonds. The number of benzene rings is 2. The molecule has 2 atom stereocenters. The predicted octanol–water partition coefficient (Wildman–Crippen LogP) is 4.46. The van der Waals surface area contributed by atoms with Gasteiger partial charge in [-0.15, -0.1) is 16.8 Å². The highest BCUT2D eigenvalue weighted by Crippen LogP contribution is 2.38. The van der Waals surface area contributed by atoms with Gasteiger partial charge < -0.3 is 9.88 Å². The van der Waals surface area contributed by atoms with Crippen molar-refractivity contribution in [2.24, 2.45) is 0 Å². The van der Waals surface area contributed by atoms with Crippen molar-refractivity contribution in [3.63, 3.8) is 0 Å². The summed E-state index contributed by atoms with van der Waals surface area (Å²) in [6.07, 6.45) is 2.26. The largest absolute Gasteiger partial charge is 0.325 e. The van der Waals surface area contributed by atoms with Gasteiger partial charge in [0.2, 0.25) is 5.91 Å². The number of carbonyl (C=O) groups excluding carboxylic acids is 1. The Balaban J connectivity index is 1.66. The molecular weight excluding hydrogens is 468 g/mol. The number of aromatic nitrogens is 3. The average molecular weight is 497 g/mol. The summed E-state index contributed by atoms with van der Waals surface area (Å²) >= 11 is 1.31. The highest BCUT2D eigenvalue weighted by Gasteiger charge is 2.34. The summed E-state index contributed by atoms with van der Waals surface area (Å²) in [5, 5.41) is 11.8. The van der Waals surface area contributed by atoms with Gasteiger partial charge in [-0.1, -0.05) is 60.3 Å². The second-order valence-electron chi connectivity index (χ2n) is 8.56. The Labute approximate surface area is 204 Å². The molecule has 4 rings (SSSR count). The lowest BCUT2D eigenvalue weighted by molar-refractivity contribution is -0.115. The van der Waals surface area contributed by atoms with Crippen molar-refractivity contribution in [3.8, 4) is 0 Å². The Kier molecular flexibility index (Phi) is 7.23. The molecular formula is C25H28N4O3S2. The average Bonchev–Trinajstić information content (AvgIpc) is 3.37. The molecule has 2 heterocycles. The fourth-order valence-corrected chi connectivity index (χ4v) is 6.86. The van der Waals surface area contributed by atoms with Gasteiger partial charge in [-0.3, -0.25) is 4.79 Å². The molecule has 1 aliphatic heterocycles. The van der Waals surface area contributed by atoms with Gasteiger partial charge in [0.15, 0.2) is 15.0 Å². The third kappa shape index (κ3) is 5.42. The zero-order valence-electron chi connectivity index (χ0n) is 19.3. The number of anilines is 1. The fourth-order valence-electron chi connectivity index (χ4n) is 4.06. The van der Waals surface area contributed by atoms with Crippen molar-refractivity contribution >= 4 is 33.2 Å². The standard InChI is InChI=1S/C25H28N4O3S2/c1-4-13-29-23(20-12-14-34(31,32)16-20)27-28-25(29)33-22(19-8-6-5-7-9-19)24(30)26-21-15-17(2)10-11-18(21)3/h4-11,15,20,22H,1,12-14,16H2,2-3H3,(H,26,30). The first-order valence-corrected chi connectivity index (χ1v) is 13.8. The Bertz CT molecular complexity index is 1300. The first kappa shape index (κ1) is 24.2. The number of rotatable bonds is 8. The number of thioether (sulfide) groups is 1. The van der Waals surface area contributed by atoms with E-state index in [4.69, 9.17) is 0 Å². The maximum atomic E-state index is 13.5. The summed E-state index contributed by atoms with van der Waals surface area (Å²) in [7, 11) is -3.07. The summed E-state index contributed by atoms with van der Waals surface area (Å²) in [6, 6.07) is 15.5. The smallest absolute Gasteiger partial charge is 0.242 e. The molecule has 0 aliphatic carbocycles. The molecule has 0 bridgehead atoms. The normalized spacial score (nSPS) is 17.9. The van der Waals surface area contributed by atoms with Gasteiger partial charge in [0.25, 0.3) is 0 Å². The number of allylic oxidation sites excluding steroid dienone is 1. The van der Waals surface area contributed by atoms with Crippen molar-refractivity contribution in [1.82, 2.24) is 14.8 Å². The highest BCUT2D eigenvalue weighted by atomic mass is 32.2. The molecule has 34 heavy (non-hydrogen) atoms. The van der Waals surface area contributed by atoms with Gasteiger partial charge in [0.1, 0.15) is 11.1 Å². The summed E-state index contributed by atoms with van der Waals surface area (Å²) in [6.45, 7) is 8.22. The number of nitrogens with zero attached hydrogens (tertiary/aromatic N) is 3. The van der Waals surface area contributed by atoms with Crippen LogP contribution in [0.5, 0.6) is 0 Å². The molecule has 1 aliphatic rings. The minimum absolute atomic E-state index is 0.0716. The van der Waals surface area contributed by atoms with Crippen molar-refractivity contribution < 1.29 is 13.2 Å². The lowest BCUT2D eigenvalue weighted by atomic mass is 10.1. The van der Waals surface area contributed by atoms with Crippen LogP contribution in [0.2, 0.25) is 0 Å². The number of nitrogens with one attached hydrogen (secondary N) is 1. The molecule has 1 fully saturated rings. The Morgan fingerprint density at radius 1 is 1.24 bits per heavy atom. The van der Waals surface area contributed by atoms with Gasteiger partial charge in [-0.05, 0) is 43.0 Å². The van der Waals surface area contributed by atoms with Gasteiger partial charge in [0.05, 0.1) is 11.5 Å². The van der Waals surface area contributed by atoms with Crippen LogP contribution in [-0.2, 0) is 21.2 Å². The number of hydrogen-bond acceptors (Lipinski definition) is 6. The van der Waals surface area contributed by atoms with Crippen LogP contribution in [0.25, 0.3) is 0 Å². The van der Waals surface area contributed by atoms with E-state index < -0.39 is 15.1 Å². The molecule has 2 unspecified atom stereocenters. The second kappa shape index (κ2) is 10.1. The molecule has 1 aromatic heterocycles. The van der Waals surface area contributed by atoms with Gasteiger partial charge in [0, 0.05) is 18.2 Å². The molecule has 7 nitrogen and oxygen atoms in total. The SMILES string of the molecule is C=CCn1c(SC(C(=O)Nc2cc(C)ccc2C)c2ccccc2)nnc1C1CCS(=O)(=O)C1. The van der Waals surface area contributed by atoms with Gasteiger partial charge in [-0.2, -0.15) is 0 Å². The Morgan fingerprint density at radius 2 is 2.00 bits per heavy atom. The number of carbonyl (C=O) groups is 1. The maximum Gasteiger partial charge on any atom is 0.242 e. The molecule has 178 valence electrons. The molecule has 0 spiro atoms. The van der Waals surface area contributed by atoms with E-state index in [1.165, 1.54) is 11.8 Å². The lowest BCUT2D eigenvalue weighted by Crippen LogP contribution is -2.20. The number of sulfone groups is 1. The molecule has 0 saturated carbocycles. The molecule has 9 heteroatoms. The first-order chi connectivity index (χ1) is 16.3. The van der Waals surface area contributed by atoms with Crippen molar-refractivity contribution in [1.29, 1.82) is 0 Å². The number of amides is 1. The lowest BCUT2D eigenvalue weighted by Gasteiger charge is -2.19. The van der Waals surface area contributed by atoms with E-state index in [9.17, 15) is 13.2 Å². The molecule has 2 aromatic carbocycles. The summed E-state index contributed by atoms with van der Waals surface area (Å²) in [4.78, 5) is 13.5. The van der Waals surface area contributed by atoms with Crippen LogP contribution in [-0.4, -0.2) is 40.6 Å². The fraction of sp³-hybridized carbons (Fsp3) is 0.320. The summed E-state index contributed by atoms with van der Waals surface area (Å²) < 4.78 is 25.9. The summed E-state index contributed by atoms with van der Waals surface area (Å²) in [5.41, 5.74) is 3.66. The van der Waals surface area contributed by atoms with E-state index in [1.54, 1.807) is 6.08 Å². The highest BCUT2D eigenvalue weighted by molar-refractivity contribution is 8.00. The molecule has 3 aromatic rings. The Hall–Kier alpha value is -2.91. The van der Waals surface area contributed by atoms with E-state index in [0.717, 1.165) is 22.4 Å². The molecule has 0 radical (unpaired) electrons. The number of hydrogen-bond donors (Lipinski definition) is 1. The van der Waals surface area contributed by atoms with Crippen molar-refractivity contribution in [2.75, 3.05) is 16.8 Å². The quantitative estimate of drug-likeness (QED) is 0.366. The van der Waals surface area contributed by atoms with Crippen LogP contribution < -0.4 is 5.32 Å². The topological polar surface area (TPSA) is 93.9 Å². The van der Waals surface area contributed by atoms with E-state index in [0.29, 0.717) is 23.9 Å². The van der Waals surface area contributed by atoms with Crippen LogP contribution in [0.1, 0.15) is 40.1 Å². The van der Waals surface area contributed by atoms with Crippen LogP contribution in [0.15, 0.2) is 66.3 Å².